The number of hydrogen-bond acceptors (Lipinski definition) is 5. The lowest BCUT2D eigenvalue weighted by Crippen LogP contribution is -2.19. The van der Waals surface area contributed by atoms with Crippen LogP contribution in [-0.2, 0) is 0 Å². The Morgan fingerprint density at radius 3 is 2.62 bits per heavy atom. The second-order valence-electron chi connectivity index (χ2n) is 4.79. The van der Waals surface area contributed by atoms with Gasteiger partial charge in [0.2, 0.25) is 0 Å². The van der Waals surface area contributed by atoms with Crippen LogP contribution in [-0.4, -0.2) is 36.8 Å². The summed E-state index contributed by atoms with van der Waals surface area (Å²) in [6, 6.07) is 6.30. The van der Waals surface area contributed by atoms with Crippen molar-refractivity contribution in [1.82, 2.24) is 4.98 Å². The van der Waals surface area contributed by atoms with Crippen LogP contribution < -0.4 is 14.8 Å². The molecule has 1 aromatic carbocycles. The van der Waals surface area contributed by atoms with Crippen LogP contribution in [0.2, 0.25) is 0 Å². The third kappa shape index (κ3) is 3.73. The quantitative estimate of drug-likeness (QED) is 0.842. The van der Waals surface area contributed by atoms with Gasteiger partial charge < -0.3 is 14.8 Å². The van der Waals surface area contributed by atoms with Gasteiger partial charge in [-0.05, 0) is 36.3 Å². The second-order valence-corrected chi connectivity index (χ2v) is 6.11. The second kappa shape index (κ2) is 7.41. The highest BCUT2D eigenvalue weighted by atomic mass is 32.2. The fraction of sp³-hybridized carbons (Fsp3) is 0.438. The van der Waals surface area contributed by atoms with E-state index in [1.54, 1.807) is 14.2 Å². The van der Waals surface area contributed by atoms with Crippen LogP contribution in [0.25, 0.3) is 10.8 Å². The minimum atomic E-state index is 0.362. The Morgan fingerprint density at radius 2 is 1.95 bits per heavy atom. The van der Waals surface area contributed by atoms with Gasteiger partial charge in [0.1, 0.15) is 5.82 Å². The zero-order chi connectivity index (χ0) is 15.2. The number of anilines is 1. The third-order valence-corrected chi connectivity index (χ3v) is 4.37. The first-order chi connectivity index (χ1) is 10.2. The highest BCUT2D eigenvalue weighted by molar-refractivity contribution is 7.99. The lowest BCUT2D eigenvalue weighted by atomic mass is 10.1. The van der Waals surface area contributed by atoms with E-state index in [0.29, 0.717) is 6.04 Å². The minimum Gasteiger partial charge on any atom is -0.493 e. The molecular formula is C16H22N2O2S. The van der Waals surface area contributed by atoms with E-state index in [1.807, 2.05) is 36.2 Å². The van der Waals surface area contributed by atoms with Gasteiger partial charge in [0.15, 0.2) is 11.5 Å². The van der Waals surface area contributed by atoms with Crippen molar-refractivity contribution in [3.05, 3.63) is 24.4 Å². The molecule has 1 N–H and O–H groups in total. The van der Waals surface area contributed by atoms with Crippen molar-refractivity contribution >= 4 is 28.4 Å². The van der Waals surface area contributed by atoms with E-state index in [4.69, 9.17) is 9.47 Å². The smallest absolute Gasteiger partial charge is 0.161 e. The summed E-state index contributed by atoms with van der Waals surface area (Å²) in [5.74, 6) is 4.52. The summed E-state index contributed by atoms with van der Waals surface area (Å²) in [4.78, 5) is 4.47. The van der Waals surface area contributed by atoms with Gasteiger partial charge in [-0.3, -0.25) is 0 Å². The van der Waals surface area contributed by atoms with Crippen LogP contribution in [0.1, 0.15) is 13.8 Å². The minimum absolute atomic E-state index is 0.362. The predicted molar refractivity (Wildman–Crippen MR) is 90.9 cm³/mol. The van der Waals surface area contributed by atoms with Crippen molar-refractivity contribution in [3.63, 3.8) is 0 Å². The summed E-state index contributed by atoms with van der Waals surface area (Å²) in [5, 5.41) is 5.61. The Balaban J connectivity index is 2.35. The number of benzene rings is 1. The highest BCUT2D eigenvalue weighted by Crippen LogP contribution is 2.34. The number of hydrogen-bond donors (Lipinski definition) is 1. The summed E-state index contributed by atoms with van der Waals surface area (Å²) >= 11 is 1.92. The zero-order valence-electron chi connectivity index (χ0n) is 13.0. The van der Waals surface area contributed by atoms with Gasteiger partial charge in [-0.1, -0.05) is 6.92 Å². The molecule has 0 saturated carbocycles. The Kier molecular flexibility index (Phi) is 5.56. The molecule has 1 aromatic heterocycles. The molecule has 0 spiro atoms. The van der Waals surface area contributed by atoms with Crippen molar-refractivity contribution in [1.29, 1.82) is 0 Å². The van der Waals surface area contributed by atoms with Crippen molar-refractivity contribution in [2.45, 2.75) is 19.9 Å². The monoisotopic (exact) mass is 306 g/mol. The molecule has 0 saturated heterocycles. The van der Waals surface area contributed by atoms with E-state index >= 15 is 0 Å². The van der Waals surface area contributed by atoms with Gasteiger partial charge in [-0.25, -0.2) is 4.98 Å². The number of thioether (sulfide) groups is 1. The predicted octanol–water partition coefficient (Wildman–Crippen LogP) is 3.81. The number of nitrogens with one attached hydrogen (secondary N) is 1. The molecule has 1 heterocycles. The lowest BCUT2D eigenvalue weighted by molar-refractivity contribution is 0.356. The molecule has 0 aliphatic carbocycles. The van der Waals surface area contributed by atoms with E-state index in [-0.39, 0.29) is 0 Å². The Hall–Kier alpha value is -1.62. The van der Waals surface area contributed by atoms with Gasteiger partial charge >= 0.3 is 0 Å². The molecule has 0 amide bonds. The van der Waals surface area contributed by atoms with Crippen LogP contribution in [0.4, 0.5) is 5.82 Å². The van der Waals surface area contributed by atoms with Crippen molar-refractivity contribution in [3.8, 4) is 11.5 Å². The van der Waals surface area contributed by atoms with Crippen LogP contribution in [0.3, 0.4) is 0 Å². The van der Waals surface area contributed by atoms with Crippen molar-refractivity contribution in [2.75, 3.05) is 31.0 Å². The average Bonchev–Trinajstić information content (AvgIpc) is 2.51. The molecule has 1 unspecified atom stereocenters. The van der Waals surface area contributed by atoms with Gasteiger partial charge in [-0.15, -0.1) is 0 Å². The molecular weight excluding hydrogens is 284 g/mol. The van der Waals surface area contributed by atoms with Gasteiger partial charge in [0.25, 0.3) is 0 Å². The van der Waals surface area contributed by atoms with E-state index < -0.39 is 0 Å². The van der Waals surface area contributed by atoms with Crippen molar-refractivity contribution in [2.24, 2.45) is 0 Å². The maximum absolute atomic E-state index is 5.38. The summed E-state index contributed by atoms with van der Waals surface area (Å²) in [7, 11) is 3.29. The van der Waals surface area contributed by atoms with Gasteiger partial charge in [0, 0.05) is 23.4 Å². The SMILES string of the molecule is CCSCC(C)Nc1nccc2cc(OC)c(OC)cc12. The van der Waals surface area contributed by atoms with E-state index in [2.05, 4.69) is 24.1 Å². The molecule has 2 rings (SSSR count). The fourth-order valence-electron chi connectivity index (χ4n) is 2.18. The number of aromatic nitrogens is 1. The molecule has 5 heteroatoms. The largest absolute Gasteiger partial charge is 0.493 e. The fourth-order valence-corrected chi connectivity index (χ4v) is 2.86. The molecule has 0 bridgehead atoms. The van der Waals surface area contributed by atoms with Gasteiger partial charge in [0.05, 0.1) is 14.2 Å². The van der Waals surface area contributed by atoms with Crippen molar-refractivity contribution < 1.29 is 9.47 Å². The average molecular weight is 306 g/mol. The van der Waals surface area contributed by atoms with Crippen LogP contribution in [0.15, 0.2) is 24.4 Å². The van der Waals surface area contributed by atoms with Crippen LogP contribution >= 0.6 is 11.8 Å². The molecule has 4 nitrogen and oxygen atoms in total. The van der Waals surface area contributed by atoms with Crippen LogP contribution in [0, 0.1) is 0 Å². The summed E-state index contributed by atoms with van der Waals surface area (Å²) in [6.45, 7) is 4.34. The molecule has 0 aliphatic rings. The molecule has 0 aliphatic heterocycles. The Bertz CT molecular complexity index is 604. The molecule has 2 aromatic rings. The lowest BCUT2D eigenvalue weighted by Gasteiger charge is -2.16. The number of pyridine rings is 1. The zero-order valence-corrected chi connectivity index (χ0v) is 13.8. The third-order valence-electron chi connectivity index (χ3n) is 3.22. The molecule has 0 radical (unpaired) electrons. The molecule has 114 valence electrons. The topological polar surface area (TPSA) is 43.4 Å². The number of nitrogens with zero attached hydrogens (tertiary/aromatic N) is 1. The maximum atomic E-state index is 5.38. The first-order valence-corrected chi connectivity index (χ1v) is 8.20. The van der Waals surface area contributed by atoms with E-state index in [1.165, 1.54) is 0 Å². The Morgan fingerprint density at radius 1 is 1.24 bits per heavy atom. The Labute approximate surface area is 130 Å². The number of methoxy groups -OCH3 is 2. The first kappa shape index (κ1) is 15.8. The first-order valence-electron chi connectivity index (χ1n) is 7.04. The summed E-state index contributed by atoms with van der Waals surface area (Å²) < 4.78 is 10.7. The highest BCUT2D eigenvalue weighted by Gasteiger charge is 2.11. The molecule has 0 fully saturated rings. The standard InChI is InChI=1S/C16H22N2O2S/c1-5-21-10-11(2)18-16-13-9-15(20-4)14(19-3)8-12(13)6-7-17-16/h6-9,11H,5,10H2,1-4H3,(H,17,18). The van der Waals surface area contributed by atoms with E-state index in [9.17, 15) is 0 Å². The summed E-state index contributed by atoms with van der Waals surface area (Å²) in [5.41, 5.74) is 0. The normalized spacial score (nSPS) is 12.2. The maximum Gasteiger partial charge on any atom is 0.161 e. The van der Waals surface area contributed by atoms with Crippen LogP contribution in [0.5, 0.6) is 11.5 Å². The molecule has 21 heavy (non-hydrogen) atoms. The van der Waals surface area contributed by atoms with Gasteiger partial charge in [-0.2, -0.15) is 11.8 Å². The summed E-state index contributed by atoms with van der Waals surface area (Å²) in [6.07, 6.45) is 1.82. The van der Waals surface area contributed by atoms with E-state index in [0.717, 1.165) is 39.6 Å². The number of ether oxygens (including phenoxy) is 2. The molecule has 1 atom stereocenters. The number of rotatable bonds is 7. The number of fused-ring (bicyclic) bond motifs is 1.